The molecule has 1 heterocycles. The second-order valence-corrected chi connectivity index (χ2v) is 4.86. The molecule has 3 rings (SSSR count). The minimum absolute atomic E-state index is 0.0992. The van der Waals surface area contributed by atoms with Gasteiger partial charge in [0.15, 0.2) is 0 Å². The van der Waals surface area contributed by atoms with E-state index in [1.807, 2.05) is 37.3 Å². The first-order chi connectivity index (χ1) is 9.24. The molecule has 19 heavy (non-hydrogen) atoms. The van der Waals surface area contributed by atoms with Crippen molar-refractivity contribution in [1.82, 2.24) is 0 Å². The van der Waals surface area contributed by atoms with Gasteiger partial charge in [0.2, 0.25) is 0 Å². The van der Waals surface area contributed by atoms with Gasteiger partial charge in [-0.2, -0.15) is 0 Å². The molecular formula is C16H16FNO. The Hall–Kier alpha value is -2.03. The van der Waals surface area contributed by atoms with E-state index in [9.17, 15) is 4.39 Å². The zero-order valence-corrected chi connectivity index (χ0v) is 10.8. The van der Waals surface area contributed by atoms with Gasteiger partial charge in [-0.3, -0.25) is 0 Å². The van der Waals surface area contributed by atoms with E-state index in [1.165, 1.54) is 0 Å². The Labute approximate surface area is 112 Å². The molecular weight excluding hydrogens is 241 g/mol. The minimum Gasteiger partial charge on any atom is -0.493 e. The molecule has 1 aliphatic rings. The maximum absolute atomic E-state index is 13.9. The fourth-order valence-corrected chi connectivity index (χ4v) is 2.42. The first-order valence-corrected chi connectivity index (χ1v) is 6.48. The summed E-state index contributed by atoms with van der Waals surface area (Å²) in [5.74, 6) is 0.683. The predicted molar refractivity (Wildman–Crippen MR) is 74.1 cm³/mol. The third-order valence-electron chi connectivity index (χ3n) is 3.41. The zero-order valence-electron chi connectivity index (χ0n) is 10.8. The number of nitrogens with one attached hydrogen (secondary N) is 1. The third-order valence-corrected chi connectivity index (χ3v) is 3.41. The molecule has 0 bridgehead atoms. The second kappa shape index (κ2) is 4.92. The highest BCUT2D eigenvalue weighted by atomic mass is 19.1. The Balaban J connectivity index is 1.88. The van der Waals surface area contributed by atoms with Crippen LogP contribution in [0.2, 0.25) is 0 Å². The van der Waals surface area contributed by atoms with E-state index in [0.717, 1.165) is 23.3 Å². The van der Waals surface area contributed by atoms with Crippen LogP contribution in [0.3, 0.4) is 0 Å². The SMILES string of the molecule is Cc1ccc(NC2CCOc3ccccc32)c(F)c1. The Morgan fingerprint density at radius 1 is 1.21 bits per heavy atom. The average molecular weight is 257 g/mol. The van der Waals surface area contributed by atoms with Crippen molar-refractivity contribution < 1.29 is 9.13 Å². The van der Waals surface area contributed by atoms with E-state index in [4.69, 9.17) is 4.74 Å². The van der Waals surface area contributed by atoms with Gasteiger partial charge < -0.3 is 10.1 Å². The summed E-state index contributed by atoms with van der Waals surface area (Å²) in [6.07, 6.45) is 0.838. The molecule has 2 nitrogen and oxygen atoms in total. The lowest BCUT2D eigenvalue weighted by molar-refractivity contribution is 0.274. The Morgan fingerprint density at radius 2 is 2.05 bits per heavy atom. The highest BCUT2D eigenvalue weighted by molar-refractivity contribution is 5.50. The monoisotopic (exact) mass is 257 g/mol. The quantitative estimate of drug-likeness (QED) is 0.875. The molecule has 2 aromatic rings. The average Bonchev–Trinajstić information content (AvgIpc) is 2.42. The van der Waals surface area contributed by atoms with E-state index in [1.54, 1.807) is 12.1 Å². The van der Waals surface area contributed by atoms with Crippen molar-refractivity contribution in [2.75, 3.05) is 11.9 Å². The number of benzene rings is 2. The fraction of sp³-hybridized carbons (Fsp3) is 0.250. The van der Waals surface area contributed by atoms with Crippen LogP contribution in [-0.4, -0.2) is 6.61 Å². The molecule has 1 atom stereocenters. The maximum Gasteiger partial charge on any atom is 0.146 e. The summed E-state index contributed by atoms with van der Waals surface area (Å²) in [6, 6.07) is 13.3. The van der Waals surface area contributed by atoms with Gasteiger partial charge in [-0.1, -0.05) is 24.3 Å². The maximum atomic E-state index is 13.9. The molecule has 0 spiro atoms. The van der Waals surface area contributed by atoms with Crippen LogP contribution >= 0.6 is 0 Å². The molecule has 0 saturated carbocycles. The van der Waals surface area contributed by atoms with E-state index in [-0.39, 0.29) is 11.9 Å². The molecule has 98 valence electrons. The topological polar surface area (TPSA) is 21.3 Å². The van der Waals surface area contributed by atoms with Gasteiger partial charge in [0, 0.05) is 12.0 Å². The standard InChI is InChI=1S/C16H16FNO/c1-11-6-7-15(13(17)10-11)18-14-8-9-19-16-5-3-2-4-12(14)16/h2-7,10,14,18H,8-9H2,1H3. The Morgan fingerprint density at radius 3 is 2.89 bits per heavy atom. The normalized spacial score (nSPS) is 17.5. The third kappa shape index (κ3) is 2.41. The Bertz CT molecular complexity index is 597. The number of rotatable bonds is 2. The summed E-state index contributed by atoms with van der Waals surface area (Å²) in [4.78, 5) is 0. The molecule has 1 aliphatic heterocycles. The van der Waals surface area contributed by atoms with Crippen LogP contribution in [0.1, 0.15) is 23.6 Å². The number of halogens is 1. The van der Waals surface area contributed by atoms with Crippen molar-refractivity contribution in [3.63, 3.8) is 0 Å². The van der Waals surface area contributed by atoms with Gasteiger partial charge >= 0.3 is 0 Å². The van der Waals surface area contributed by atoms with Gasteiger partial charge in [0.25, 0.3) is 0 Å². The van der Waals surface area contributed by atoms with Gasteiger partial charge in [-0.25, -0.2) is 4.39 Å². The van der Waals surface area contributed by atoms with Crippen molar-refractivity contribution in [3.8, 4) is 5.75 Å². The number of hydrogen-bond acceptors (Lipinski definition) is 2. The first-order valence-electron chi connectivity index (χ1n) is 6.48. The van der Waals surface area contributed by atoms with Crippen LogP contribution in [-0.2, 0) is 0 Å². The first kappa shape index (κ1) is 12.0. The molecule has 0 fully saturated rings. The van der Waals surface area contributed by atoms with E-state index in [2.05, 4.69) is 5.32 Å². The smallest absolute Gasteiger partial charge is 0.146 e. The highest BCUT2D eigenvalue weighted by Crippen LogP contribution is 2.34. The number of ether oxygens (including phenoxy) is 1. The highest BCUT2D eigenvalue weighted by Gasteiger charge is 2.21. The van der Waals surface area contributed by atoms with Crippen LogP contribution in [0.5, 0.6) is 5.75 Å². The summed E-state index contributed by atoms with van der Waals surface area (Å²) in [7, 11) is 0. The lowest BCUT2D eigenvalue weighted by atomic mass is 10.00. The van der Waals surface area contributed by atoms with Crippen molar-refractivity contribution >= 4 is 5.69 Å². The van der Waals surface area contributed by atoms with E-state index < -0.39 is 0 Å². The van der Waals surface area contributed by atoms with Crippen LogP contribution < -0.4 is 10.1 Å². The minimum atomic E-state index is -0.205. The summed E-state index contributed by atoms with van der Waals surface area (Å²) in [6.45, 7) is 2.54. The summed E-state index contributed by atoms with van der Waals surface area (Å²) >= 11 is 0. The molecule has 0 radical (unpaired) electrons. The summed E-state index contributed by atoms with van der Waals surface area (Å²) in [5.41, 5.74) is 2.57. The largest absolute Gasteiger partial charge is 0.493 e. The molecule has 0 aromatic heterocycles. The molecule has 1 N–H and O–H groups in total. The number of hydrogen-bond donors (Lipinski definition) is 1. The molecule has 3 heteroatoms. The van der Waals surface area contributed by atoms with Gasteiger partial charge in [-0.05, 0) is 30.7 Å². The van der Waals surface area contributed by atoms with Crippen LogP contribution in [0.25, 0.3) is 0 Å². The fourth-order valence-electron chi connectivity index (χ4n) is 2.42. The van der Waals surface area contributed by atoms with Crippen molar-refractivity contribution in [3.05, 3.63) is 59.4 Å². The molecule has 2 aromatic carbocycles. The van der Waals surface area contributed by atoms with E-state index in [0.29, 0.717) is 12.3 Å². The van der Waals surface area contributed by atoms with Crippen LogP contribution in [0.15, 0.2) is 42.5 Å². The van der Waals surface area contributed by atoms with E-state index >= 15 is 0 Å². The van der Waals surface area contributed by atoms with Crippen LogP contribution in [0, 0.1) is 12.7 Å². The molecule has 0 aliphatic carbocycles. The number of fused-ring (bicyclic) bond motifs is 1. The second-order valence-electron chi connectivity index (χ2n) is 4.86. The lowest BCUT2D eigenvalue weighted by Gasteiger charge is -2.27. The van der Waals surface area contributed by atoms with Crippen molar-refractivity contribution in [1.29, 1.82) is 0 Å². The lowest BCUT2D eigenvalue weighted by Crippen LogP contribution is -2.20. The van der Waals surface area contributed by atoms with Crippen molar-refractivity contribution in [2.24, 2.45) is 0 Å². The Kier molecular flexibility index (Phi) is 3.11. The number of aryl methyl sites for hydroxylation is 1. The summed E-state index contributed by atoms with van der Waals surface area (Å²) < 4.78 is 19.5. The van der Waals surface area contributed by atoms with Gasteiger partial charge in [-0.15, -0.1) is 0 Å². The molecule has 0 amide bonds. The summed E-state index contributed by atoms with van der Waals surface area (Å²) in [5, 5.41) is 3.28. The molecule has 1 unspecified atom stereocenters. The van der Waals surface area contributed by atoms with Gasteiger partial charge in [0.05, 0.1) is 18.3 Å². The zero-order chi connectivity index (χ0) is 13.2. The van der Waals surface area contributed by atoms with Crippen molar-refractivity contribution in [2.45, 2.75) is 19.4 Å². The predicted octanol–water partition coefficient (Wildman–Crippen LogP) is 4.07. The van der Waals surface area contributed by atoms with Crippen LogP contribution in [0.4, 0.5) is 10.1 Å². The molecule has 0 saturated heterocycles. The number of anilines is 1. The van der Waals surface area contributed by atoms with Gasteiger partial charge in [0.1, 0.15) is 11.6 Å². The number of para-hydroxylation sites is 1.